The van der Waals surface area contributed by atoms with Crippen LogP contribution in [0, 0.1) is 5.92 Å². The van der Waals surface area contributed by atoms with E-state index >= 15 is 0 Å². The second kappa shape index (κ2) is 7.35. The molecule has 1 aromatic rings. The average Bonchev–Trinajstić information content (AvgIpc) is 3.10. The standard InChI is InChI=1S/C17H27F3N4O/c1-5-7-23-8-6-12(11-23)9-21-15(25)13-10-22-24(16(2,3)4)14(13)17(18,19)20/h10,12H,5-9,11H2,1-4H3,(H,21,25). The van der Waals surface area contributed by atoms with Gasteiger partial charge in [0.1, 0.15) is 0 Å². The lowest BCUT2D eigenvalue weighted by molar-refractivity contribution is -0.146. The van der Waals surface area contributed by atoms with E-state index in [1.807, 2.05) is 0 Å². The fourth-order valence-corrected chi connectivity index (χ4v) is 3.23. The molecule has 0 saturated carbocycles. The first-order valence-electron chi connectivity index (χ1n) is 8.70. The maximum Gasteiger partial charge on any atom is 0.433 e. The number of amides is 1. The van der Waals surface area contributed by atoms with E-state index in [0.29, 0.717) is 6.54 Å². The number of carbonyl (C=O) groups excluding carboxylic acids is 1. The predicted octanol–water partition coefficient (Wildman–Crippen LogP) is 3.12. The molecule has 2 rings (SSSR count). The van der Waals surface area contributed by atoms with Crippen molar-refractivity contribution in [3.63, 3.8) is 0 Å². The van der Waals surface area contributed by atoms with Gasteiger partial charge in [0.05, 0.1) is 17.3 Å². The van der Waals surface area contributed by atoms with E-state index in [-0.39, 0.29) is 5.92 Å². The molecule has 1 unspecified atom stereocenters. The highest BCUT2D eigenvalue weighted by atomic mass is 19.4. The largest absolute Gasteiger partial charge is 0.433 e. The van der Waals surface area contributed by atoms with Gasteiger partial charge in [-0.1, -0.05) is 6.92 Å². The van der Waals surface area contributed by atoms with E-state index in [2.05, 4.69) is 22.2 Å². The zero-order valence-corrected chi connectivity index (χ0v) is 15.3. The fraction of sp³-hybridized carbons (Fsp3) is 0.765. The van der Waals surface area contributed by atoms with Crippen molar-refractivity contribution in [2.45, 2.75) is 52.3 Å². The van der Waals surface area contributed by atoms with Crippen molar-refractivity contribution in [1.29, 1.82) is 0 Å². The first-order chi connectivity index (χ1) is 11.5. The summed E-state index contributed by atoms with van der Waals surface area (Å²) in [6, 6.07) is 0. The van der Waals surface area contributed by atoms with Gasteiger partial charge in [-0.05, 0) is 52.6 Å². The Balaban J connectivity index is 2.09. The zero-order valence-electron chi connectivity index (χ0n) is 15.3. The van der Waals surface area contributed by atoms with Gasteiger partial charge in [-0.25, -0.2) is 0 Å². The van der Waals surface area contributed by atoms with Gasteiger partial charge in [-0.15, -0.1) is 0 Å². The molecule has 2 heterocycles. The summed E-state index contributed by atoms with van der Waals surface area (Å²) in [4.78, 5) is 14.7. The number of aromatic nitrogens is 2. The van der Waals surface area contributed by atoms with Crippen LogP contribution >= 0.6 is 0 Å². The summed E-state index contributed by atoms with van der Waals surface area (Å²) in [6.45, 7) is 10.2. The second-order valence-corrected chi connectivity index (χ2v) is 7.65. The molecular weight excluding hydrogens is 333 g/mol. The molecule has 142 valence electrons. The van der Waals surface area contributed by atoms with Gasteiger partial charge in [0, 0.05) is 13.1 Å². The number of likely N-dealkylation sites (tertiary alicyclic amines) is 1. The Hall–Kier alpha value is -1.57. The Morgan fingerprint density at radius 3 is 2.60 bits per heavy atom. The Labute approximate surface area is 146 Å². The van der Waals surface area contributed by atoms with Crippen molar-refractivity contribution in [2.24, 2.45) is 5.92 Å². The molecule has 1 N–H and O–H groups in total. The Morgan fingerprint density at radius 1 is 1.36 bits per heavy atom. The van der Waals surface area contributed by atoms with Gasteiger partial charge in [0.15, 0.2) is 5.69 Å². The third kappa shape index (κ3) is 4.74. The van der Waals surface area contributed by atoms with E-state index in [4.69, 9.17) is 0 Å². The SMILES string of the molecule is CCCN1CCC(CNC(=O)c2cnn(C(C)(C)C)c2C(F)(F)F)C1. The summed E-state index contributed by atoms with van der Waals surface area (Å²) < 4.78 is 41.3. The smallest absolute Gasteiger partial charge is 0.352 e. The van der Waals surface area contributed by atoms with Gasteiger partial charge >= 0.3 is 6.18 Å². The number of rotatable bonds is 5. The van der Waals surface area contributed by atoms with Crippen molar-refractivity contribution in [3.8, 4) is 0 Å². The highest BCUT2D eigenvalue weighted by molar-refractivity contribution is 5.95. The van der Waals surface area contributed by atoms with E-state index < -0.39 is 28.9 Å². The quantitative estimate of drug-likeness (QED) is 0.878. The Morgan fingerprint density at radius 2 is 2.04 bits per heavy atom. The number of carbonyl (C=O) groups is 1. The van der Waals surface area contributed by atoms with E-state index in [1.54, 1.807) is 20.8 Å². The lowest BCUT2D eigenvalue weighted by atomic mass is 10.1. The summed E-state index contributed by atoms with van der Waals surface area (Å²) in [5.74, 6) is -0.431. The number of alkyl halides is 3. The monoisotopic (exact) mass is 360 g/mol. The van der Waals surface area contributed by atoms with Gasteiger partial charge in [0.25, 0.3) is 5.91 Å². The van der Waals surface area contributed by atoms with Crippen LogP contribution in [0.4, 0.5) is 13.2 Å². The van der Waals surface area contributed by atoms with Crippen LogP contribution in [0.2, 0.25) is 0 Å². The molecular formula is C17H27F3N4O. The minimum absolute atomic E-state index is 0.280. The molecule has 1 aromatic heterocycles. The summed E-state index contributed by atoms with van der Waals surface area (Å²) >= 11 is 0. The molecule has 0 radical (unpaired) electrons. The summed E-state index contributed by atoms with van der Waals surface area (Å²) in [5.41, 5.74) is -2.27. The van der Waals surface area contributed by atoms with Gasteiger partial charge in [0.2, 0.25) is 0 Å². The normalized spacial score (nSPS) is 19.4. The van der Waals surface area contributed by atoms with E-state index in [1.165, 1.54) is 0 Å². The molecule has 5 nitrogen and oxygen atoms in total. The number of hydrogen-bond acceptors (Lipinski definition) is 3. The van der Waals surface area contributed by atoms with Crippen LogP contribution in [0.1, 0.15) is 56.6 Å². The fourth-order valence-electron chi connectivity index (χ4n) is 3.23. The first-order valence-corrected chi connectivity index (χ1v) is 8.70. The number of nitrogens with one attached hydrogen (secondary N) is 1. The van der Waals surface area contributed by atoms with Gasteiger partial charge < -0.3 is 10.2 Å². The maximum absolute atomic E-state index is 13.5. The molecule has 0 bridgehead atoms. The molecule has 8 heteroatoms. The van der Waals surface area contributed by atoms with Crippen molar-refractivity contribution in [1.82, 2.24) is 20.0 Å². The van der Waals surface area contributed by atoms with Gasteiger partial charge in [-0.3, -0.25) is 9.48 Å². The first kappa shape index (κ1) is 19.8. The Kier molecular flexibility index (Phi) is 5.81. The van der Waals surface area contributed by atoms with Crippen LogP contribution in [0.25, 0.3) is 0 Å². The topological polar surface area (TPSA) is 50.2 Å². The van der Waals surface area contributed by atoms with Crippen molar-refractivity contribution in [2.75, 3.05) is 26.2 Å². The van der Waals surface area contributed by atoms with Crippen LogP contribution in [0.15, 0.2) is 6.20 Å². The molecule has 0 aromatic carbocycles. The van der Waals surface area contributed by atoms with Crippen LogP contribution < -0.4 is 5.32 Å². The summed E-state index contributed by atoms with van der Waals surface area (Å²) in [6.07, 6.45) is -1.60. The number of hydrogen-bond donors (Lipinski definition) is 1. The van der Waals surface area contributed by atoms with Crippen molar-refractivity contribution < 1.29 is 18.0 Å². The van der Waals surface area contributed by atoms with Crippen LogP contribution in [0.5, 0.6) is 0 Å². The highest BCUT2D eigenvalue weighted by Gasteiger charge is 2.42. The highest BCUT2D eigenvalue weighted by Crippen LogP contribution is 2.34. The molecule has 1 amide bonds. The van der Waals surface area contributed by atoms with Crippen molar-refractivity contribution >= 4 is 5.91 Å². The molecule has 1 aliphatic heterocycles. The average molecular weight is 360 g/mol. The Bertz CT molecular complexity index is 604. The lowest BCUT2D eigenvalue weighted by Gasteiger charge is -2.24. The zero-order chi connectivity index (χ0) is 18.8. The van der Waals surface area contributed by atoms with Crippen LogP contribution in [-0.4, -0.2) is 46.8 Å². The number of halogens is 3. The molecule has 25 heavy (non-hydrogen) atoms. The molecule has 1 aliphatic rings. The lowest BCUT2D eigenvalue weighted by Crippen LogP contribution is -2.34. The maximum atomic E-state index is 13.5. The summed E-state index contributed by atoms with van der Waals surface area (Å²) in [5, 5.41) is 6.48. The third-order valence-corrected chi connectivity index (χ3v) is 4.38. The van der Waals surface area contributed by atoms with Crippen molar-refractivity contribution in [3.05, 3.63) is 17.5 Å². The minimum Gasteiger partial charge on any atom is -0.352 e. The second-order valence-electron chi connectivity index (χ2n) is 7.65. The molecule has 1 saturated heterocycles. The predicted molar refractivity (Wildman–Crippen MR) is 89.4 cm³/mol. The van der Waals surface area contributed by atoms with Crippen LogP contribution in [-0.2, 0) is 11.7 Å². The summed E-state index contributed by atoms with van der Waals surface area (Å²) in [7, 11) is 0. The van der Waals surface area contributed by atoms with Gasteiger partial charge in [-0.2, -0.15) is 18.3 Å². The minimum atomic E-state index is -4.64. The van der Waals surface area contributed by atoms with Crippen LogP contribution in [0.3, 0.4) is 0 Å². The third-order valence-electron chi connectivity index (χ3n) is 4.38. The van der Waals surface area contributed by atoms with E-state index in [9.17, 15) is 18.0 Å². The molecule has 0 aliphatic carbocycles. The molecule has 1 atom stereocenters. The molecule has 0 spiro atoms. The van der Waals surface area contributed by atoms with E-state index in [0.717, 1.165) is 43.4 Å². The number of nitrogens with zero attached hydrogens (tertiary/aromatic N) is 3. The molecule has 1 fully saturated rings.